The van der Waals surface area contributed by atoms with Crippen LogP contribution < -0.4 is 4.74 Å². The quantitative estimate of drug-likeness (QED) is 0.329. The normalized spacial score (nSPS) is 15.5. The number of aliphatic hydroxyl groups excluding tert-OH is 1. The third-order valence-electron chi connectivity index (χ3n) is 5.67. The van der Waals surface area contributed by atoms with Crippen LogP contribution in [-0.4, -0.2) is 22.7 Å². The van der Waals surface area contributed by atoms with E-state index in [1.807, 2.05) is 73.7 Å². The highest BCUT2D eigenvalue weighted by molar-refractivity contribution is 8.18. The molecule has 3 aromatic carbocycles. The Morgan fingerprint density at radius 1 is 0.972 bits per heavy atom. The monoisotopic (exact) mass is 499 g/mol. The van der Waals surface area contributed by atoms with E-state index in [0.29, 0.717) is 28.0 Å². The van der Waals surface area contributed by atoms with Crippen molar-refractivity contribution >= 4 is 34.5 Å². The van der Waals surface area contributed by atoms with Gasteiger partial charge in [0.25, 0.3) is 0 Å². The van der Waals surface area contributed by atoms with E-state index in [4.69, 9.17) is 9.47 Å². The first-order valence-electron chi connectivity index (χ1n) is 11.9. The Kier molecular flexibility index (Phi) is 8.28. The second kappa shape index (κ2) is 11.8. The van der Waals surface area contributed by atoms with Gasteiger partial charge in [-0.1, -0.05) is 78.8 Å². The van der Waals surface area contributed by atoms with Gasteiger partial charge in [0.05, 0.1) is 17.2 Å². The lowest BCUT2D eigenvalue weighted by Gasteiger charge is -2.10. The van der Waals surface area contributed by atoms with Crippen molar-refractivity contribution in [3.8, 4) is 5.75 Å². The van der Waals surface area contributed by atoms with Crippen LogP contribution in [0.4, 0.5) is 5.69 Å². The molecule has 0 saturated heterocycles. The summed E-state index contributed by atoms with van der Waals surface area (Å²) < 4.78 is 11.3. The van der Waals surface area contributed by atoms with Crippen LogP contribution in [0, 0.1) is 6.92 Å². The third kappa shape index (κ3) is 6.07. The molecule has 0 fully saturated rings. The number of nitrogens with zero attached hydrogens (tertiary/aromatic N) is 1. The molecule has 5 nitrogen and oxygen atoms in total. The number of para-hydroxylation sites is 1. The van der Waals surface area contributed by atoms with Gasteiger partial charge in [-0.05, 0) is 55.7 Å². The second-order valence-electron chi connectivity index (χ2n) is 8.30. The zero-order valence-corrected chi connectivity index (χ0v) is 21.5. The minimum Gasteiger partial charge on any atom is -0.506 e. The van der Waals surface area contributed by atoms with Crippen LogP contribution in [0.25, 0.3) is 6.08 Å². The summed E-state index contributed by atoms with van der Waals surface area (Å²) in [7, 11) is 0. The number of carbonyl (C=O) groups is 1. The van der Waals surface area contributed by atoms with Gasteiger partial charge in [-0.2, -0.15) is 0 Å². The first-order chi connectivity index (χ1) is 17.5. The highest BCUT2D eigenvalue weighted by Crippen LogP contribution is 2.41. The molecule has 0 radical (unpaired) electrons. The molecule has 36 heavy (non-hydrogen) atoms. The largest absolute Gasteiger partial charge is 0.506 e. The molecule has 0 spiro atoms. The smallest absolute Gasteiger partial charge is 0.344 e. The molecule has 0 amide bonds. The van der Waals surface area contributed by atoms with Crippen LogP contribution >= 0.6 is 11.8 Å². The molecule has 1 aliphatic heterocycles. The molecule has 6 heteroatoms. The number of rotatable bonds is 8. The van der Waals surface area contributed by atoms with E-state index in [9.17, 15) is 9.90 Å². The predicted molar refractivity (Wildman–Crippen MR) is 147 cm³/mol. The van der Waals surface area contributed by atoms with Crippen LogP contribution in [-0.2, 0) is 22.6 Å². The molecule has 0 unspecified atom stereocenters. The number of hydrogen-bond donors (Lipinski definition) is 1. The molecule has 1 N–H and O–H groups in total. The van der Waals surface area contributed by atoms with Gasteiger partial charge in [0.1, 0.15) is 28.7 Å². The van der Waals surface area contributed by atoms with E-state index in [1.54, 1.807) is 6.92 Å². The summed E-state index contributed by atoms with van der Waals surface area (Å²) in [4.78, 5) is 17.9. The highest BCUT2D eigenvalue weighted by Gasteiger charge is 2.33. The summed E-state index contributed by atoms with van der Waals surface area (Å²) in [5.74, 6) is -0.0633. The van der Waals surface area contributed by atoms with Crippen molar-refractivity contribution in [1.82, 2.24) is 0 Å². The number of aliphatic hydroxyl groups is 1. The fourth-order valence-corrected chi connectivity index (χ4v) is 4.66. The van der Waals surface area contributed by atoms with E-state index in [2.05, 4.69) is 24.0 Å². The van der Waals surface area contributed by atoms with Crippen LogP contribution in [0.2, 0.25) is 0 Å². The van der Waals surface area contributed by atoms with Crippen molar-refractivity contribution in [3.63, 3.8) is 0 Å². The lowest BCUT2D eigenvalue weighted by molar-refractivity contribution is -0.138. The molecule has 0 saturated carbocycles. The van der Waals surface area contributed by atoms with Gasteiger partial charge in [0.2, 0.25) is 0 Å². The topological polar surface area (TPSA) is 68.1 Å². The number of carbonyl (C=O) groups excluding carboxylic acids is 1. The number of ether oxygens (including phenoxy) is 2. The number of esters is 1. The Morgan fingerprint density at radius 2 is 1.67 bits per heavy atom. The molecule has 0 atom stereocenters. The molecule has 184 valence electrons. The summed E-state index contributed by atoms with van der Waals surface area (Å²) in [5.41, 5.74) is 5.02. The van der Waals surface area contributed by atoms with Gasteiger partial charge < -0.3 is 14.6 Å². The number of hydrogen-bond acceptors (Lipinski definition) is 6. The maximum Gasteiger partial charge on any atom is 0.344 e. The Balaban J connectivity index is 1.65. The molecular weight excluding hydrogens is 470 g/mol. The van der Waals surface area contributed by atoms with Gasteiger partial charge >= 0.3 is 5.97 Å². The first kappa shape index (κ1) is 25.3. The Bertz CT molecular complexity index is 1320. The second-order valence-corrected chi connectivity index (χ2v) is 9.33. The standard InChI is InChI=1S/C30H29NO4S/c1-4-21-14-16-24(17-15-21)31-29-27(30(33)34-5-2)28(32)26(36-29)18-23-8-6-7-9-25(23)35-19-22-12-10-20(3)11-13-22/h6-18,32H,4-5,19H2,1-3H3/b26-18-,31-29?. The predicted octanol–water partition coefficient (Wildman–Crippen LogP) is 7.33. The lowest BCUT2D eigenvalue weighted by Crippen LogP contribution is -2.12. The number of aryl methyl sites for hydroxylation is 2. The number of thioether (sulfide) groups is 1. The fourth-order valence-electron chi connectivity index (χ4n) is 3.63. The van der Waals surface area contributed by atoms with E-state index in [0.717, 1.165) is 17.5 Å². The maximum absolute atomic E-state index is 12.7. The summed E-state index contributed by atoms with van der Waals surface area (Å²) in [6.45, 7) is 6.49. The molecule has 3 aromatic rings. The van der Waals surface area contributed by atoms with Crippen LogP contribution in [0.5, 0.6) is 5.75 Å². The van der Waals surface area contributed by atoms with Gasteiger partial charge in [-0.3, -0.25) is 0 Å². The zero-order valence-electron chi connectivity index (χ0n) is 20.7. The molecule has 1 aliphatic rings. The Morgan fingerprint density at radius 3 is 2.36 bits per heavy atom. The van der Waals surface area contributed by atoms with Crippen LogP contribution in [0.15, 0.2) is 94.0 Å². The lowest BCUT2D eigenvalue weighted by atomic mass is 10.1. The van der Waals surface area contributed by atoms with Crippen molar-refractivity contribution in [2.45, 2.75) is 33.8 Å². The average molecular weight is 500 g/mol. The molecule has 4 rings (SSSR count). The minimum absolute atomic E-state index is 0.0747. The number of benzene rings is 3. The zero-order chi connectivity index (χ0) is 25.5. The van der Waals surface area contributed by atoms with Crippen LogP contribution in [0.3, 0.4) is 0 Å². The maximum atomic E-state index is 12.7. The van der Waals surface area contributed by atoms with Crippen molar-refractivity contribution in [1.29, 1.82) is 0 Å². The summed E-state index contributed by atoms with van der Waals surface area (Å²) in [5, 5.41) is 11.4. The van der Waals surface area contributed by atoms with Gasteiger partial charge in [-0.25, -0.2) is 9.79 Å². The van der Waals surface area contributed by atoms with Gasteiger partial charge in [0.15, 0.2) is 0 Å². The minimum atomic E-state index is -0.598. The summed E-state index contributed by atoms with van der Waals surface area (Å²) >= 11 is 1.24. The Hall–Kier alpha value is -3.77. The average Bonchev–Trinajstić information content (AvgIpc) is 3.19. The van der Waals surface area contributed by atoms with E-state index in [1.165, 1.54) is 22.9 Å². The molecule has 0 aromatic heterocycles. The van der Waals surface area contributed by atoms with Crippen molar-refractivity contribution in [2.75, 3.05) is 6.61 Å². The summed E-state index contributed by atoms with van der Waals surface area (Å²) in [6, 6.07) is 23.6. The summed E-state index contributed by atoms with van der Waals surface area (Å²) in [6.07, 6.45) is 2.74. The SMILES string of the molecule is CCOC(=O)C1=C(O)/C(=C/c2ccccc2OCc2ccc(C)cc2)SC1=Nc1ccc(CC)cc1. The first-order valence-corrected chi connectivity index (χ1v) is 12.8. The molecular formula is C30H29NO4S. The molecule has 1 heterocycles. The van der Waals surface area contributed by atoms with E-state index >= 15 is 0 Å². The molecule has 0 aliphatic carbocycles. The van der Waals surface area contributed by atoms with Crippen molar-refractivity contribution in [3.05, 3.63) is 111 Å². The third-order valence-corrected chi connectivity index (χ3v) is 6.69. The fraction of sp³-hybridized carbons (Fsp3) is 0.200. The van der Waals surface area contributed by atoms with E-state index < -0.39 is 5.97 Å². The van der Waals surface area contributed by atoms with Crippen molar-refractivity contribution in [2.24, 2.45) is 4.99 Å². The van der Waals surface area contributed by atoms with Gasteiger partial charge in [0, 0.05) is 5.56 Å². The van der Waals surface area contributed by atoms with Gasteiger partial charge in [-0.15, -0.1) is 0 Å². The van der Waals surface area contributed by atoms with Crippen LogP contribution in [0.1, 0.15) is 36.1 Å². The highest BCUT2D eigenvalue weighted by atomic mass is 32.2. The number of aliphatic imine (C=N–C) groups is 1. The Labute approximate surface area is 216 Å². The molecule has 0 bridgehead atoms. The van der Waals surface area contributed by atoms with Crippen molar-refractivity contribution < 1.29 is 19.4 Å². The van der Waals surface area contributed by atoms with E-state index in [-0.39, 0.29) is 17.9 Å².